The van der Waals surface area contributed by atoms with Gasteiger partial charge in [-0.2, -0.15) is 0 Å². The molecular weight excluding hydrogens is 390 g/mol. The molecule has 4 heterocycles. The number of likely N-dealkylation sites (tertiary alicyclic amines) is 1. The predicted octanol–water partition coefficient (Wildman–Crippen LogP) is 4.09. The van der Waals surface area contributed by atoms with Crippen molar-refractivity contribution in [2.75, 3.05) is 31.1 Å². The Morgan fingerprint density at radius 2 is 2.03 bits per heavy atom. The fourth-order valence-electron chi connectivity index (χ4n) is 4.99. The standard InChI is InChI=1S/C24H29N5O2/c1-17-4-2-5-19-7-12-26-23(22(17)19)29(20-6-3-11-25-16-20)24(30)28-14-9-18(10-15-28)21-8-13-27-31-21/h2,4-5,7-8,12-13,18,20,25H,3,6,9-11,14-16H2,1H3/t20-/m1/s1. The normalized spacial score (nSPS) is 20.2. The molecule has 2 aliphatic heterocycles. The van der Waals surface area contributed by atoms with Gasteiger partial charge in [-0.3, -0.25) is 4.90 Å². The van der Waals surface area contributed by atoms with Gasteiger partial charge in [-0.15, -0.1) is 0 Å². The Balaban J connectivity index is 1.46. The molecule has 2 amide bonds. The summed E-state index contributed by atoms with van der Waals surface area (Å²) >= 11 is 0. The van der Waals surface area contributed by atoms with Crippen LogP contribution < -0.4 is 10.2 Å². The van der Waals surface area contributed by atoms with Gasteiger partial charge in [-0.25, -0.2) is 9.78 Å². The summed E-state index contributed by atoms with van der Waals surface area (Å²) in [6.45, 7) is 5.32. The highest BCUT2D eigenvalue weighted by atomic mass is 16.5. The van der Waals surface area contributed by atoms with Crippen molar-refractivity contribution in [2.45, 2.75) is 44.6 Å². The number of fused-ring (bicyclic) bond motifs is 1. The molecule has 7 nitrogen and oxygen atoms in total. The number of carbonyl (C=O) groups is 1. The monoisotopic (exact) mass is 419 g/mol. The number of benzene rings is 1. The van der Waals surface area contributed by atoms with Crippen molar-refractivity contribution in [1.82, 2.24) is 20.4 Å². The van der Waals surface area contributed by atoms with Crippen LogP contribution in [0.4, 0.5) is 10.6 Å². The van der Waals surface area contributed by atoms with E-state index in [1.54, 1.807) is 6.20 Å². The third kappa shape index (κ3) is 3.90. The van der Waals surface area contributed by atoms with E-state index in [9.17, 15) is 4.79 Å². The number of piperidine rings is 2. The van der Waals surface area contributed by atoms with Crippen molar-refractivity contribution in [3.05, 3.63) is 54.0 Å². The molecule has 5 rings (SSSR count). The first-order valence-electron chi connectivity index (χ1n) is 11.3. The van der Waals surface area contributed by atoms with Gasteiger partial charge in [0, 0.05) is 43.2 Å². The summed E-state index contributed by atoms with van der Waals surface area (Å²) in [5, 5.41) is 9.50. The quantitative estimate of drug-likeness (QED) is 0.692. The van der Waals surface area contributed by atoms with E-state index in [0.717, 1.165) is 66.7 Å². The number of pyridine rings is 1. The molecule has 1 N–H and O–H groups in total. The molecule has 2 aromatic heterocycles. The predicted molar refractivity (Wildman–Crippen MR) is 120 cm³/mol. The van der Waals surface area contributed by atoms with Gasteiger partial charge in [0.2, 0.25) is 0 Å². The highest BCUT2D eigenvalue weighted by Gasteiger charge is 2.34. The minimum atomic E-state index is 0.0629. The van der Waals surface area contributed by atoms with Crippen LogP contribution in [0.5, 0.6) is 0 Å². The molecule has 0 aliphatic carbocycles. The minimum absolute atomic E-state index is 0.0629. The third-order valence-corrected chi connectivity index (χ3v) is 6.68. The number of hydrogen-bond donors (Lipinski definition) is 1. The van der Waals surface area contributed by atoms with Gasteiger partial charge in [0.15, 0.2) is 0 Å². The second-order valence-electron chi connectivity index (χ2n) is 8.64. The lowest BCUT2D eigenvalue weighted by Crippen LogP contribution is -2.55. The van der Waals surface area contributed by atoms with Gasteiger partial charge in [0.05, 0.1) is 12.2 Å². The van der Waals surface area contributed by atoms with Gasteiger partial charge >= 0.3 is 6.03 Å². The molecule has 3 aromatic rings. The van der Waals surface area contributed by atoms with Crippen LogP contribution in [-0.2, 0) is 0 Å². The lowest BCUT2D eigenvalue weighted by molar-refractivity contribution is 0.178. The maximum absolute atomic E-state index is 13.9. The van der Waals surface area contributed by atoms with Crippen LogP contribution in [-0.4, -0.2) is 53.3 Å². The summed E-state index contributed by atoms with van der Waals surface area (Å²) in [6, 6.07) is 10.4. The number of carbonyl (C=O) groups excluding carboxylic acids is 1. The summed E-state index contributed by atoms with van der Waals surface area (Å²) in [7, 11) is 0. The van der Waals surface area contributed by atoms with E-state index in [2.05, 4.69) is 35.6 Å². The van der Waals surface area contributed by atoms with E-state index in [0.29, 0.717) is 19.0 Å². The lowest BCUT2D eigenvalue weighted by atomic mass is 9.94. The molecule has 0 unspecified atom stereocenters. The van der Waals surface area contributed by atoms with Crippen LogP contribution in [0.2, 0.25) is 0 Å². The fourth-order valence-corrected chi connectivity index (χ4v) is 4.99. The van der Waals surface area contributed by atoms with Crippen molar-refractivity contribution < 1.29 is 9.32 Å². The van der Waals surface area contributed by atoms with E-state index in [1.807, 2.05) is 28.1 Å². The van der Waals surface area contributed by atoms with E-state index < -0.39 is 0 Å². The molecule has 1 atom stereocenters. The molecule has 0 saturated carbocycles. The second-order valence-corrected chi connectivity index (χ2v) is 8.64. The molecule has 2 fully saturated rings. The second kappa shape index (κ2) is 8.67. The summed E-state index contributed by atoms with van der Waals surface area (Å²) in [6.07, 6.45) is 7.34. The Bertz CT molecular complexity index is 1030. The highest BCUT2D eigenvalue weighted by molar-refractivity contribution is 6.03. The fraction of sp³-hybridized carbons (Fsp3) is 0.458. The molecule has 0 radical (unpaired) electrons. The van der Waals surface area contributed by atoms with Crippen molar-refractivity contribution in [2.24, 2.45) is 0 Å². The number of hydrogen-bond acceptors (Lipinski definition) is 5. The Labute approximate surface area is 182 Å². The molecule has 0 bridgehead atoms. The molecule has 1 aromatic carbocycles. The van der Waals surface area contributed by atoms with Crippen LogP contribution >= 0.6 is 0 Å². The first kappa shape index (κ1) is 20.0. The van der Waals surface area contributed by atoms with Crippen molar-refractivity contribution in [1.29, 1.82) is 0 Å². The molecular formula is C24H29N5O2. The zero-order chi connectivity index (χ0) is 21.2. The molecule has 162 valence electrons. The molecule has 7 heteroatoms. The van der Waals surface area contributed by atoms with Gasteiger partial charge in [-0.1, -0.05) is 23.4 Å². The van der Waals surface area contributed by atoms with Gasteiger partial charge < -0.3 is 14.7 Å². The molecule has 2 aliphatic rings. The van der Waals surface area contributed by atoms with E-state index >= 15 is 0 Å². The largest absolute Gasteiger partial charge is 0.361 e. The van der Waals surface area contributed by atoms with Crippen molar-refractivity contribution in [3.8, 4) is 0 Å². The van der Waals surface area contributed by atoms with Gasteiger partial charge in [0.25, 0.3) is 0 Å². The Hall–Kier alpha value is -2.93. The number of amides is 2. The van der Waals surface area contributed by atoms with Crippen LogP contribution in [0.1, 0.15) is 42.9 Å². The van der Waals surface area contributed by atoms with Crippen molar-refractivity contribution >= 4 is 22.6 Å². The van der Waals surface area contributed by atoms with E-state index in [4.69, 9.17) is 9.51 Å². The van der Waals surface area contributed by atoms with Crippen LogP contribution in [0.25, 0.3) is 10.8 Å². The summed E-state index contributed by atoms with van der Waals surface area (Å²) in [5.74, 6) is 2.03. The number of rotatable bonds is 3. The number of nitrogens with one attached hydrogen (secondary N) is 1. The van der Waals surface area contributed by atoms with Crippen LogP contribution in [0, 0.1) is 6.92 Å². The van der Waals surface area contributed by atoms with Crippen LogP contribution in [0.15, 0.2) is 47.2 Å². The number of aryl methyl sites for hydroxylation is 1. The first-order chi connectivity index (χ1) is 15.2. The zero-order valence-corrected chi connectivity index (χ0v) is 18.0. The Morgan fingerprint density at radius 3 is 2.77 bits per heavy atom. The Kier molecular flexibility index (Phi) is 5.59. The Morgan fingerprint density at radius 1 is 1.16 bits per heavy atom. The smallest absolute Gasteiger partial charge is 0.325 e. The average Bonchev–Trinajstić information content (AvgIpc) is 3.35. The minimum Gasteiger partial charge on any atom is -0.361 e. The number of nitrogens with zero attached hydrogens (tertiary/aromatic N) is 4. The summed E-state index contributed by atoms with van der Waals surface area (Å²) in [5.41, 5.74) is 1.14. The van der Waals surface area contributed by atoms with E-state index in [-0.39, 0.29) is 12.1 Å². The SMILES string of the molecule is Cc1cccc2ccnc(N(C(=O)N3CCC(c4ccno4)CC3)[C@@H]3CCCNC3)c12. The zero-order valence-electron chi connectivity index (χ0n) is 18.0. The highest BCUT2D eigenvalue weighted by Crippen LogP contribution is 2.33. The lowest BCUT2D eigenvalue weighted by Gasteiger charge is -2.40. The number of urea groups is 1. The average molecular weight is 420 g/mol. The maximum atomic E-state index is 13.9. The van der Waals surface area contributed by atoms with E-state index in [1.165, 1.54) is 0 Å². The third-order valence-electron chi connectivity index (χ3n) is 6.68. The molecule has 2 saturated heterocycles. The van der Waals surface area contributed by atoms with Crippen molar-refractivity contribution in [3.63, 3.8) is 0 Å². The number of anilines is 1. The van der Waals surface area contributed by atoms with Gasteiger partial charge in [0.1, 0.15) is 11.6 Å². The summed E-state index contributed by atoms with van der Waals surface area (Å²) in [4.78, 5) is 22.6. The topological polar surface area (TPSA) is 74.5 Å². The molecule has 31 heavy (non-hydrogen) atoms. The van der Waals surface area contributed by atoms with Crippen LogP contribution in [0.3, 0.4) is 0 Å². The molecule has 0 spiro atoms. The first-order valence-corrected chi connectivity index (χ1v) is 11.3. The summed E-state index contributed by atoms with van der Waals surface area (Å²) < 4.78 is 5.36. The maximum Gasteiger partial charge on any atom is 0.325 e. The number of aromatic nitrogens is 2. The van der Waals surface area contributed by atoms with Gasteiger partial charge in [-0.05, 0) is 56.2 Å².